The predicted octanol–water partition coefficient (Wildman–Crippen LogP) is 2.07. The van der Waals surface area contributed by atoms with Crippen LogP contribution in [-0.4, -0.2) is 66.4 Å². The van der Waals surface area contributed by atoms with Gasteiger partial charge in [0.25, 0.3) is 5.91 Å². The molecule has 3 atom stereocenters. The number of benzene rings is 1. The van der Waals surface area contributed by atoms with Gasteiger partial charge in [-0.05, 0) is 37.5 Å². The lowest BCUT2D eigenvalue weighted by Gasteiger charge is -2.42. The quantitative estimate of drug-likeness (QED) is 0.690. The van der Waals surface area contributed by atoms with Crippen molar-refractivity contribution >= 4 is 23.6 Å². The molecule has 3 amide bonds. The van der Waals surface area contributed by atoms with Crippen LogP contribution >= 0.6 is 0 Å². The van der Waals surface area contributed by atoms with E-state index in [1.165, 1.54) is 0 Å². The number of carboxylic acids is 1. The first kappa shape index (κ1) is 20.9. The number of likely N-dealkylation sites (N-methyl/N-ethyl adjacent to an activating group) is 1. The number of nitrogens with one attached hydrogen (secondary N) is 2. The third kappa shape index (κ3) is 4.97. The molecule has 1 saturated heterocycles. The molecular formula is C20H27N3O6. The molecule has 3 N–H and O–H groups in total. The van der Waals surface area contributed by atoms with E-state index in [0.29, 0.717) is 36.4 Å². The van der Waals surface area contributed by atoms with E-state index in [-0.39, 0.29) is 37.1 Å². The maximum absolute atomic E-state index is 13.1. The van der Waals surface area contributed by atoms with Gasteiger partial charge in [-0.25, -0.2) is 4.79 Å². The number of rotatable bonds is 5. The van der Waals surface area contributed by atoms with Crippen molar-refractivity contribution in [3.8, 4) is 5.75 Å². The van der Waals surface area contributed by atoms with Crippen molar-refractivity contribution in [2.24, 2.45) is 0 Å². The molecule has 0 unspecified atom stereocenters. The molecule has 2 heterocycles. The molecule has 9 nitrogen and oxygen atoms in total. The van der Waals surface area contributed by atoms with Crippen LogP contribution in [0.15, 0.2) is 18.2 Å². The maximum Gasteiger partial charge on any atom is 0.319 e. The number of urea groups is 1. The molecule has 0 spiro atoms. The highest BCUT2D eigenvalue weighted by molar-refractivity contribution is 5.99. The highest BCUT2D eigenvalue weighted by Gasteiger charge is 2.39. The molecule has 9 heteroatoms. The van der Waals surface area contributed by atoms with Crippen LogP contribution in [-0.2, 0) is 9.53 Å². The molecule has 0 aromatic heterocycles. The number of carbonyl (C=O) groups is 3. The van der Waals surface area contributed by atoms with E-state index in [0.717, 1.165) is 6.42 Å². The van der Waals surface area contributed by atoms with Crippen LogP contribution in [0, 0.1) is 0 Å². The lowest BCUT2D eigenvalue weighted by molar-refractivity contribution is -0.148. The number of amides is 3. The highest BCUT2D eigenvalue weighted by atomic mass is 16.5. The van der Waals surface area contributed by atoms with Crippen LogP contribution in [0.2, 0.25) is 0 Å². The minimum absolute atomic E-state index is 0.0629. The lowest BCUT2D eigenvalue weighted by atomic mass is 9.94. The van der Waals surface area contributed by atoms with Gasteiger partial charge in [-0.1, -0.05) is 6.92 Å². The van der Waals surface area contributed by atoms with Crippen LogP contribution < -0.4 is 15.4 Å². The van der Waals surface area contributed by atoms with E-state index in [9.17, 15) is 14.4 Å². The minimum atomic E-state index is -0.905. The number of carboxylic acid groups (broad SMARTS) is 1. The number of carbonyl (C=O) groups excluding carboxylic acids is 2. The van der Waals surface area contributed by atoms with Crippen molar-refractivity contribution in [1.29, 1.82) is 0 Å². The Kier molecular flexibility index (Phi) is 6.58. The fraction of sp³-hybridized carbons (Fsp3) is 0.550. The van der Waals surface area contributed by atoms with Crippen molar-refractivity contribution in [2.45, 2.75) is 50.9 Å². The average molecular weight is 405 g/mol. The molecule has 0 bridgehead atoms. The van der Waals surface area contributed by atoms with Crippen molar-refractivity contribution in [3.05, 3.63) is 23.8 Å². The van der Waals surface area contributed by atoms with Crippen LogP contribution in [0.1, 0.15) is 43.0 Å². The van der Waals surface area contributed by atoms with Gasteiger partial charge in [0.1, 0.15) is 18.5 Å². The summed E-state index contributed by atoms with van der Waals surface area (Å²) >= 11 is 0. The summed E-state index contributed by atoms with van der Waals surface area (Å²) in [6, 6.07) is 4.39. The summed E-state index contributed by atoms with van der Waals surface area (Å²) in [5, 5.41) is 14.5. The fourth-order valence-electron chi connectivity index (χ4n) is 3.71. The number of hydrogen-bond donors (Lipinski definition) is 3. The summed E-state index contributed by atoms with van der Waals surface area (Å²) in [6.07, 6.45) is 1.19. The SMILES string of the molecule is CCCNC(=O)Nc1ccc2c(c1)C(=O)N(C)[C@@H]1CC[C@H](CC(=O)O)O[C@@H]1CO2. The standard InChI is InChI=1S/C20H27N3O6/c1-3-8-21-20(27)22-12-4-7-16-14(9-12)19(26)23(2)15-6-5-13(10-18(24)25)29-17(15)11-28-16/h4,7,9,13,15,17H,3,5-6,8,10-11H2,1-2H3,(H,24,25)(H2,21,22,27)/t13-,15-,17-/m1/s1. The van der Waals surface area contributed by atoms with Crippen LogP contribution in [0.25, 0.3) is 0 Å². The number of fused-ring (bicyclic) bond motifs is 2. The summed E-state index contributed by atoms with van der Waals surface area (Å²) in [6.45, 7) is 2.74. The molecule has 1 aromatic rings. The lowest BCUT2D eigenvalue weighted by Crippen LogP contribution is -2.53. The summed E-state index contributed by atoms with van der Waals surface area (Å²) in [4.78, 5) is 37.6. The minimum Gasteiger partial charge on any atom is -0.490 e. The summed E-state index contributed by atoms with van der Waals surface area (Å²) < 4.78 is 11.8. The monoisotopic (exact) mass is 405 g/mol. The average Bonchev–Trinajstić information content (AvgIpc) is 2.69. The molecule has 3 rings (SSSR count). The Labute approximate surface area is 169 Å². The second-order valence-electron chi connectivity index (χ2n) is 7.36. The van der Waals surface area contributed by atoms with E-state index < -0.39 is 12.1 Å². The third-order valence-corrected chi connectivity index (χ3v) is 5.21. The largest absolute Gasteiger partial charge is 0.490 e. The Hall–Kier alpha value is -2.81. The van der Waals surface area contributed by atoms with E-state index in [1.807, 2.05) is 6.92 Å². The number of anilines is 1. The summed E-state index contributed by atoms with van der Waals surface area (Å²) in [5.41, 5.74) is 0.869. The fourth-order valence-corrected chi connectivity index (χ4v) is 3.71. The Morgan fingerprint density at radius 1 is 1.31 bits per heavy atom. The van der Waals surface area contributed by atoms with Gasteiger partial charge in [-0.2, -0.15) is 0 Å². The first-order valence-electron chi connectivity index (χ1n) is 9.85. The number of aliphatic carboxylic acids is 1. The Bertz CT molecular complexity index is 783. The normalized spacial score (nSPS) is 23.7. The highest BCUT2D eigenvalue weighted by Crippen LogP contribution is 2.32. The van der Waals surface area contributed by atoms with Crippen molar-refractivity contribution in [3.63, 3.8) is 0 Å². The summed E-state index contributed by atoms with van der Waals surface area (Å²) in [7, 11) is 1.71. The van der Waals surface area contributed by atoms with Gasteiger partial charge in [0, 0.05) is 19.3 Å². The summed E-state index contributed by atoms with van der Waals surface area (Å²) in [5.74, 6) is -0.727. The Balaban J connectivity index is 1.77. The molecule has 1 aromatic carbocycles. The van der Waals surface area contributed by atoms with Gasteiger partial charge in [0.2, 0.25) is 0 Å². The van der Waals surface area contributed by atoms with Crippen LogP contribution in [0.4, 0.5) is 10.5 Å². The van der Waals surface area contributed by atoms with Gasteiger partial charge in [0.15, 0.2) is 0 Å². The van der Waals surface area contributed by atoms with Crippen LogP contribution in [0.3, 0.4) is 0 Å². The number of hydrogen-bond acceptors (Lipinski definition) is 5. The van der Waals surface area contributed by atoms with Crippen LogP contribution in [0.5, 0.6) is 5.75 Å². The number of ether oxygens (including phenoxy) is 2. The second kappa shape index (κ2) is 9.13. The van der Waals surface area contributed by atoms with Crippen molar-refractivity contribution < 1.29 is 29.0 Å². The van der Waals surface area contributed by atoms with Crippen molar-refractivity contribution in [1.82, 2.24) is 10.2 Å². The zero-order valence-corrected chi connectivity index (χ0v) is 16.6. The molecular weight excluding hydrogens is 378 g/mol. The third-order valence-electron chi connectivity index (χ3n) is 5.21. The second-order valence-corrected chi connectivity index (χ2v) is 7.36. The molecule has 29 heavy (non-hydrogen) atoms. The Morgan fingerprint density at radius 2 is 2.10 bits per heavy atom. The first-order valence-corrected chi connectivity index (χ1v) is 9.85. The van der Waals surface area contributed by atoms with E-state index in [1.54, 1.807) is 30.1 Å². The molecule has 0 radical (unpaired) electrons. The van der Waals surface area contributed by atoms with Gasteiger partial charge < -0.3 is 30.1 Å². The zero-order valence-electron chi connectivity index (χ0n) is 16.6. The van der Waals surface area contributed by atoms with Crippen molar-refractivity contribution in [2.75, 3.05) is 25.5 Å². The van der Waals surface area contributed by atoms with Gasteiger partial charge in [-0.15, -0.1) is 0 Å². The van der Waals surface area contributed by atoms with E-state index in [4.69, 9.17) is 14.6 Å². The first-order chi connectivity index (χ1) is 13.9. The van der Waals surface area contributed by atoms with Gasteiger partial charge in [0.05, 0.1) is 24.1 Å². The molecule has 0 aliphatic carbocycles. The molecule has 0 saturated carbocycles. The Morgan fingerprint density at radius 3 is 2.83 bits per heavy atom. The molecule has 158 valence electrons. The zero-order chi connectivity index (χ0) is 21.0. The van der Waals surface area contributed by atoms with Gasteiger partial charge in [-0.3, -0.25) is 9.59 Å². The molecule has 2 aliphatic heterocycles. The molecule has 1 fully saturated rings. The predicted molar refractivity (Wildman–Crippen MR) is 105 cm³/mol. The topological polar surface area (TPSA) is 117 Å². The van der Waals surface area contributed by atoms with Gasteiger partial charge >= 0.3 is 12.0 Å². The maximum atomic E-state index is 13.1. The van der Waals surface area contributed by atoms with E-state index >= 15 is 0 Å². The molecule has 2 aliphatic rings. The van der Waals surface area contributed by atoms with E-state index in [2.05, 4.69) is 10.6 Å². The number of nitrogens with zero attached hydrogens (tertiary/aromatic N) is 1. The smallest absolute Gasteiger partial charge is 0.319 e.